The van der Waals surface area contributed by atoms with Crippen LogP contribution in [0.25, 0.3) is 6.08 Å². The van der Waals surface area contributed by atoms with Crippen LogP contribution in [-0.2, 0) is 14.3 Å². The normalized spacial score (nSPS) is 13.0. The summed E-state index contributed by atoms with van der Waals surface area (Å²) in [5.74, 6) is -1.79. The predicted octanol–water partition coefficient (Wildman–Crippen LogP) is 2.73. The van der Waals surface area contributed by atoms with Gasteiger partial charge in [-0.05, 0) is 48.7 Å². The molecule has 1 aliphatic carbocycles. The number of carbonyl (C=O) groups is 3. The Bertz CT molecular complexity index is 1080. The van der Waals surface area contributed by atoms with Gasteiger partial charge in [-0.2, -0.15) is 5.26 Å². The first-order chi connectivity index (χ1) is 15.4. The zero-order valence-electron chi connectivity index (χ0n) is 17.9. The molecule has 0 aliphatic heterocycles. The van der Waals surface area contributed by atoms with Gasteiger partial charge in [-0.3, -0.25) is 9.59 Å². The summed E-state index contributed by atoms with van der Waals surface area (Å²) in [6.07, 6.45) is 3.30. The van der Waals surface area contributed by atoms with Gasteiger partial charge in [-0.25, -0.2) is 4.79 Å². The van der Waals surface area contributed by atoms with Gasteiger partial charge in [0, 0.05) is 25.8 Å². The van der Waals surface area contributed by atoms with E-state index in [-0.39, 0.29) is 17.5 Å². The predicted molar refractivity (Wildman–Crippen MR) is 121 cm³/mol. The summed E-state index contributed by atoms with van der Waals surface area (Å²) in [7, 11) is 3.82. The van der Waals surface area contributed by atoms with E-state index in [4.69, 9.17) is 4.74 Å². The standard InChI is InChI=1S/C24H24N4O4/c1-28(2)19-11-7-16(8-12-19)13-17(14-25)24(31)32-15-22(29)27-21-6-4-3-5-20(21)23(30)26-18-9-10-18/h3-8,11-13,18H,9-10,15H2,1-2H3,(H,26,30)(H,27,29)/b17-13+. The monoisotopic (exact) mass is 432 g/mol. The van der Waals surface area contributed by atoms with Crippen molar-refractivity contribution in [3.8, 4) is 6.07 Å². The molecular formula is C24H24N4O4. The van der Waals surface area contributed by atoms with Crippen molar-refractivity contribution >= 4 is 35.2 Å². The van der Waals surface area contributed by atoms with Gasteiger partial charge in [-0.15, -0.1) is 0 Å². The lowest BCUT2D eigenvalue weighted by molar-refractivity contribution is -0.142. The summed E-state index contributed by atoms with van der Waals surface area (Å²) in [4.78, 5) is 38.8. The SMILES string of the molecule is CN(C)c1ccc(/C=C(\C#N)C(=O)OCC(=O)Nc2ccccc2C(=O)NC2CC2)cc1. The van der Waals surface area contributed by atoms with E-state index in [9.17, 15) is 19.6 Å². The Morgan fingerprint density at radius 2 is 1.81 bits per heavy atom. The van der Waals surface area contributed by atoms with Crippen LogP contribution in [0.15, 0.2) is 54.1 Å². The molecular weight excluding hydrogens is 408 g/mol. The number of rotatable bonds is 8. The number of anilines is 2. The molecule has 0 atom stereocenters. The average molecular weight is 432 g/mol. The molecule has 0 saturated heterocycles. The van der Waals surface area contributed by atoms with E-state index >= 15 is 0 Å². The molecule has 0 aromatic heterocycles. The summed E-state index contributed by atoms with van der Waals surface area (Å²) in [5.41, 5.74) is 2.07. The number of nitrogens with one attached hydrogen (secondary N) is 2. The van der Waals surface area contributed by atoms with Crippen molar-refractivity contribution < 1.29 is 19.1 Å². The number of ether oxygens (including phenoxy) is 1. The fraction of sp³-hybridized carbons (Fsp3) is 0.250. The van der Waals surface area contributed by atoms with Crippen molar-refractivity contribution in [2.75, 3.05) is 30.9 Å². The highest BCUT2D eigenvalue weighted by Crippen LogP contribution is 2.21. The molecule has 1 saturated carbocycles. The van der Waals surface area contributed by atoms with Crippen molar-refractivity contribution in [1.82, 2.24) is 5.32 Å². The van der Waals surface area contributed by atoms with Gasteiger partial charge in [0.15, 0.2) is 6.61 Å². The summed E-state index contributed by atoms with van der Waals surface area (Å²) in [5, 5.41) is 14.8. The number of nitriles is 1. The van der Waals surface area contributed by atoms with Crippen molar-refractivity contribution in [2.45, 2.75) is 18.9 Å². The Morgan fingerprint density at radius 3 is 2.44 bits per heavy atom. The van der Waals surface area contributed by atoms with Crippen LogP contribution in [0.5, 0.6) is 0 Å². The number of hydrogen-bond acceptors (Lipinski definition) is 6. The molecule has 8 heteroatoms. The summed E-state index contributed by atoms with van der Waals surface area (Å²) < 4.78 is 4.99. The number of esters is 1. The quantitative estimate of drug-likeness (QED) is 0.377. The number of benzene rings is 2. The maximum atomic E-state index is 12.3. The molecule has 2 aromatic rings. The lowest BCUT2D eigenvalue weighted by Crippen LogP contribution is -2.28. The first kappa shape index (κ1) is 22.6. The Balaban J connectivity index is 1.58. The van der Waals surface area contributed by atoms with E-state index in [0.717, 1.165) is 18.5 Å². The van der Waals surface area contributed by atoms with Gasteiger partial charge in [0.05, 0.1) is 11.3 Å². The Kier molecular flexibility index (Phi) is 7.24. The highest BCUT2D eigenvalue weighted by molar-refractivity contribution is 6.05. The van der Waals surface area contributed by atoms with Gasteiger partial charge >= 0.3 is 5.97 Å². The summed E-state index contributed by atoms with van der Waals surface area (Å²) >= 11 is 0. The minimum absolute atomic E-state index is 0.183. The van der Waals surface area contributed by atoms with E-state index < -0.39 is 18.5 Å². The van der Waals surface area contributed by atoms with Crippen LogP contribution < -0.4 is 15.5 Å². The van der Waals surface area contributed by atoms with E-state index in [0.29, 0.717) is 16.8 Å². The molecule has 2 amide bonds. The van der Waals surface area contributed by atoms with Crippen LogP contribution >= 0.6 is 0 Å². The maximum absolute atomic E-state index is 12.3. The molecule has 3 rings (SSSR count). The molecule has 0 unspecified atom stereocenters. The number of amides is 2. The maximum Gasteiger partial charge on any atom is 0.349 e. The minimum atomic E-state index is -0.904. The lowest BCUT2D eigenvalue weighted by atomic mass is 10.1. The van der Waals surface area contributed by atoms with Crippen LogP contribution in [0.2, 0.25) is 0 Å². The van der Waals surface area contributed by atoms with E-state index in [1.807, 2.05) is 31.1 Å². The van der Waals surface area contributed by atoms with Gasteiger partial charge in [0.25, 0.3) is 11.8 Å². The number of hydrogen-bond donors (Lipinski definition) is 2. The first-order valence-corrected chi connectivity index (χ1v) is 10.1. The third kappa shape index (κ3) is 6.19. The topological polar surface area (TPSA) is 112 Å². The molecule has 1 aliphatic rings. The molecule has 1 fully saturated rings. The second-order valence-corrected chi connectivity index (χ2v) is 7.57. The molecule has 8 nitrogen and oxygen atoms in total. The van der Waals surface area contributed by atoms with Crippen molar-refractivity contribution in [1.29, 1.82) is 5.26 Å². The number of carbonyl (C=O) groups excluding carboxylic acids is 3. The van der Waals surface area contributed by atoms with Crippen LogP contribution in [0.1, 0.15) is 28.8 Å². The van der Waals surface area contributed by atoms with Gasteiger partial charge in [0.1, 0.15) is 11.6 Å². The van der Waals surface area contributed by atoms with Crippen LogP contribution in [0.4, 0.5) is 11.4 Å². The van der Waals surface area contributed by atoms with Crippen LogP contribution in [0.3, 0.4) is 0 Å². The molecule has 0 radical (unpaired) electrons. The van der Waals surface area contributed by atoms with Gasteiger partial charge < -0.3 is 20.3 Å². The molecule has 0 spiro atoms. The summed E-state index contributed by atoms with van der Waals surface area (Å²) in [6.45, 7) is -0.587. The van der Waals surface area contributed by atoms with Crippen LogP contribution in [-0.4, -0.2) is 44.5 Å². The molecule has 0 heterocycles. The number of nitrogens with zero attached hydrogens (tertiary/aromatic N) is 2. The fourth-order valence-corrected chi connectivity index (χ4v) is 2.85. The third-order valence-corrected chi connectivity index (χ3v) is 4.75. The highest BCUT2D eigenvalue weighted by atomic mass is 16.5. The van der Waals surface area contributed by atoms with Crippen LogP contribution in [0, 0.1) is 11.3 Å². The zero-order chi connectivity index (χ0) is 23.1. The average Bonchev–Trinajstić information content (AvgIpc) is 3.60. The Hall–Kier alpha value is -4.12. The van der Waals surface area contributed by atoms with Gasteiger partial charge in [0.2, 0.25) is 0 Å². The van der Waals surface area contributed by atoms with E-state index in [2.05, 4.69) is 10.6 Å². The molecule has 32 heavy (non-hydrogen) atoms. The highest BCUT2D eigenvalue weighted by Gasteiger charge is 2.25. The van der Waals surface area contributed by atoms with Crippen molar-refractivity contribution in [3.05, 3.63) is 65.2 Å². The molecule has 2 N–H and O–H groups in total. The first-order valence-electron chi connectivity index (χ1n) is 10.1. The minimum Gasteiger partial charge on any atom is -0.451 e. The third-order valence-electron chi connectivity index (χ3n) is 4.75. The van der Waals surface area contributed by atoms with E-state index in [1.54, 1.807) is 42.5 Å². The smallest absolute Gasteiger partial charge is 0.349 e. The largest absolute Gasteiger partial charge is 0.451 e. The second-order valence-electron chi connectivity index (χ2n) is 7.57. The Labute approximate surface area is 186 Å². The Morgan fingerprint density at radius 1 is 1.12 bits per heavy atom. The molecule has 2 aromatic carbocycles. The van der Waals surface area contributed by atoms with Crippen molar-refractivity contribution in [3.63, 3.8) is 0 Å². The number of para-hydroxylation sites is 1. The summed E-state index contributed by atoms with van der Waals surface area (Å²) in [6, 6.07) is 15.8. The fourth-order valence-electron chi connectivity index (χ4n) is 2.85. The van der Waals surface area contributed by atoms with E-state index in [1.165, 1.54) is 6.08 Å². The second kappa shape index (κ2) is 10.3. The molecule has 164 valence electrons. The zero-order valence-corrected chi connectivity index (χ0v) is 17.9. The van der Waals surface area contributed by atoms with Crippen molar-refractivity contribution in [2.24, 2.45) is 0 Å². The van der Waals surface area contributed by atoms with Gasteiger partial charge in [-0.1, -0.05) is 24.3 Å². The lowest BCUT2D eigenvalue weighted by Gasteiger charge is -2.12. The molecule has 0 bridgehead atoms.